The number of ether oxygens (including phenoxy) is 1. The standard InChI is InChI=1S/C26H34ClF3NO6PS/c1-24(2,3)37-23(32)31-25(4,17-36-38(33,34-5)35-6)14-8-9-18-12-13-21(16-22(18)27)39-20-11-7-10-19(15-20)26(28,29)30/h7,10-13,15-16H,8-9,14,17H2,1-6H3,(H,31,32). The van der Waals surface area contributed by atoms with Crippen molar-refractivity contribution in [3.63, 3.8) is 0 Å². The highest BCUT2D eigenvalue weighted by Crippen LogP contribution is 2.48. The van der Waals surface area contributed by atoms with Gasteiger partial charge in [0.2, 0.25) is 0 Å². The highest BCUT2D eigenvalue weighted by molar-refractivity contribution is 7.99. The van der Waals surface area contributed by atoms with Gasteiger partial charge < -0.3 is 10.1 Å². The Labute approximate surface area is 236 Å². The van der Waals surface area contributed by atoms with E-state index in [1.165, 1.54) is 32.0 Å². The van der Waals surface area contributed by atoms with Crippen LogP contribution in [0.2, 0.25) is 5.02 Å². The number of carbonyl (C=O) groups excluding carboxylic acids is 1. The Kier molecular flexibility index (Phi) is 11.8. The number of carbonyl (C=O) groups is 1. The van der Waals surface area contributed by atoms with E-state index in [4.69, 9.17) is 29.9 Å². The number of alkyl halides is 3. The molecule has 1 N–H and O–H groups in total. The molecular formula is C26H34ClF3NO6PS. The van der Waals surface area contributed by atoms with Crippen molar-refractivity contribution < 1.29 is 40.8 Å². The molecule has 0 spiro atoms. The molecule has 0 aliphatic rings. The Morgan fingerprint density at radius 2 is 1.67 bits per heavy atom. The van der Waals surface area contributed by atoms with Crippen LogP contribution in [0.5, 0.6) is 0 Å². The first kappa shape index (κ1) is 33.5. The van der Waals surface area contributed by atoms with E-state index in [1.54, 1.807) is 45.9 Å². The van der Waals surface area contributed by atoms with Crippen molar-refractivity contribution in [1.82, 2.24) is 5.32 Å². The van der Waals surface area contributed by atoms with Crippen LogP contribution in [0.1, 0.15) is 51.7 Å². The molecule has 2 aromatic rings. The summed E-state index contributed by atoms with van der Waals surface area (Å²) in [7, 11) is -1.40. The molecule has 218 valence electrons. The van der Waals surface area contributed by atoms with Crippen LogP contribution >= 0.6 is 31.2 Å². The van der Waals surface area contributed by atoms with Gasteiger partial charge in [0.05, 0.1) is 17.7 Å². The van der Waals surface area contributed by atoms with Gasteiger partial charge in [0, 0.05) is 29.0 Å². The Balaban J connectivity index is 2.08. The van der Waals surface area contributed by atoms with Gasteiger partial charge in [-0.3, -0.25) is 13.6 Å². The number of phosphoric ester groups is 1. The Bertz CT molecular complexity index is 1170. The smallest absolute Gasteiger partial charge is 0.444 e. The fraction of sp³-hybridized carbons (Fsp3) is 0.500. The van der Waals surface area contributed by atoms with Crippen molar-refractivity contribution in [2.75, 3.05) is 20.8 Å². The lowest BCUT2D eigenvalue weighted by Gasteiger charge is -2.32. The van der Waals surface area contributed by atoms with Crippen LogP contribution in [-0.4, -0.2) is 38.1 Å². The van der Waals surface area contributed by atoms with E-state index >= 15 is 0 Å². The van der Waals surface area contributed by atoms with Gasteiger partial charge >= 0.3 is 20.1 Å². The van der Waals surface area contributed by atoms with Crippen molar-refractivity contribution in [1.29, 1.82) is 0 Å². The maximum absolute atomic E-state index is 13.0. The average Bonchev–Trinajstić information content (AvgIpc) is 2.82. The van der Waals surface area contributed by atoms with Crippen molar-refractivity contribution in [2.45, 2.75) is 74.1 Å². The molecule has 1 atom stereocenters. The molecule has 0 aliphatic carbocycles. The van der Waals surface area contributed by atoms with Crippen LogP contribution in [0.25, 0.3) is 0 Å². The van der Waals surface area contributed by atoms with Crippen LogP contribution in [0.3, 0.4) is 0 Å². The molecule has 1 amide bonds. The zero-order valence-corrected chi connectivity index (χ0v) is 25.2. The van der Waals surface area contributed by atoms with E-state index in [1.807, 2.05) is 6.07 Å². The molecule has 0 saturated carbocycles. The van der Waals surface area contributed by atoms with E-state index < -0.39 is 36.8 Å². The van der Waals surface area contributed by atoms with Gasteiger partial charge in [0.15, 0.2) is 0 Å². The maximum atomic E-state index is 13.0. The summed E-state index contributed by atoms with van der Waals surface area (Å²) >= 11 is 7.67. The third-order valence-corrected chi connectivity index (χ3v) is 8.06. The number of benzene rings is 2. The predicted octanol–water partition coefficient (Wildman–Crippen LogP) is 8.53. The summed E-state index contributed by atoms with van der Waals surface area (Å²) in [6.45, 7) is 6.76. The summed E-state index contributed by atoms with van der Waals surface area (Å²) in [6.07, 6.45) is -3.59. The maximum Gasteiger partial charge on any atom is 0.474 e. The fourth-order valence-electron chi connectivity index (χ4n) is 3.46. The number of halogens is 4. The largest absolute Gasteiger partial charge is 0.474 e. The van der Waals surface area contributed by atoms with Gasteiger partial charge in [-0.25, -0.2) is 9.36 Å². The number of alkyl carbamates (subject to hydrolysis) is 1. The first-order chi connectivity index (χ1) is 18.0. The second kappa shape index (κ2) is 13.7. The van der Waals surface area contributed by atoms with Crippen molar-refractivity contribution in [3.05, 3.63) is 58.6 Å². The van der Waals surface area contributed by atoms with E-state index in [9.17, 15) is 22.5 Å². The summed E-state index contributed by atoms with van der Waals surface area (Å²) in [5.74, 6) is 0. The summed E-state index contributed by atoms with van der Waals surface area (Å²) in [5, 5.41) is 3.25. The third kappa shape index (κ3) is 11.3. The van der Waals surface area contributed by atoms with Crippen LogP contribution in [0.15, 0.2) is 52.3 Å². The summed E-state index contributed by atoms with van der Waals surface area (Å²) in [5.41, 5.74) is -1.60. The molecule has 7 nitrogen and oxygen atoms in total. The van der Waals surface area contributed by atoms with E-state index in [-0.39, 0.29) is 6.61 Å². The second-order valence-corrected chi connectivity index (χ2v) is 13.4. The van der Waals surface area contributed by atoms with Crippen molar-refractivity contribution in [2.24, 2.45) is 0 Å². The second-order valence-electron chi connectivity index (χ2n) is 10.0. The minimum Gasteiger partial charge on any atom is -0.444 e. The van der Waals surface area contributed by atoms with Crippen LogP contribution < -0.4 is 5.32 Å². The molecule has 0 bridgehead atoms. The van der Waals surface area contributed by atoms with Gasteiger partial charge in [0.1, 0.15) is 5.60 Å². The minimum absolute atomic E-state index is 0.175. The van der Waals surface area contributed by atoms with E-state index in [0.29, 0.717) is 34.1 Å². The highest BCUT2D eigenvalue weighted by Gasteiger charge is 2.34. The van der Waals surface area contributed by atoms with Gasteiger partial charge in [-0.05, 0) is 82.9 Å². The molecule has 2 rings (SSSR count). The van der Waals surface area contributed by atoms with Crippen LogP contribution in [0, 0.1) is 0 Å². The summed E-state index contributed by atoms with van der Waals surface area (Å²) in [6, 6.07) is 10.4. The Morgan fingerprint density at radius 3 is 2.23 bits per heavy atom. The van der Waals surface area contributed by atoms with Crippen molar-refractivity contribution in [3.8, 4) is 0 Å². The summed E-state index contributed by atoms with van der Waals surface area (Å²) in [4.78, 5) is 13.6. The van der Waals surface area contributed by atoms with Crippen LogP contribution in [-0.2, 0) is 35.5 Å². The molecular weight excluding hydrogens is 578 g/mol. The molecule has 0 fully saturated rings. The monoisotopic (exact) mass is 611 g/mol. The average molecular weight is 612 g/mol. The number of aryl methyl sites for hydroxylation is 1. The van der Waals surface area contributed by atoms with Crippen molar-refractivity contribution >= 4 is 37.3 Å². The zero-order chi connectivity index (χ0) is 29.5. The fourth-order valence-corrected chi connectivity index (χ4v) is 5.52. The zero-order valence-electron chi connectivity index (χ0n) is 22.7. The first-order valence-electron chi connectivity index (χ1n) is 12.0. The molecule has 0 radical (unpaired) electrons. The lowest BCUT2D eigenvalue weighted by Crippen LogP contribution is -2.51. The normalized spacial score (nSPS) is 14.1. The Morgan fingerprint density at radius 1 is 1.03 bits per heavy atom. The Hall–Kier alpha value is -1.75. The third-order valence-electron chi connectivity index (χ3n) is 5.39. The molecule has 39 heavy (non-hydrogen) atoms. The number of hydrogen-bond donors (Lipinski definition) is 1. The van der Waals surface area contributed by atoms with E-state index in [2.05, 4.69) is 5.32 Å². The molecule has 13 heteroatoms. The quantitative estimate of drug-likeness (QED) is 0.241. The minimum atomic E-state index is -4.42. The number of rotatable bonds is 12. The SMILES string of the molecule is COP(=O)(OC)OCC(C)(CCCc1ccc(Sc2cccc(C(F)(F)F)c2)cc1Cl)NC(=O)OC(C)(C)C. The van der Waals surface area contributed by atoms with Gasteiger partial charge in [-0.15, -0.1) is 0 Å². The van der Waals surface area contributed by atoms with E-state index in [0.717, 1.165) is 17.7 Å². The molecule has 1 unspecified atom stereocenters. The first-order valence-corrected chi connectivity index (χ1v) is 14.6. The summed E-state index contributed by atoms with van der Waals surface area (Å²) < 4.78 is 71.9. The number of phosphoric acid groups is 1. The lowest BCUT2D eigenvalue weighted by atomic mass is 9.94. The number of hydrogen-bond acceptors (Lipinski definition) is 7. The van der Waals surface area contributed by atoms with Gasteiger partial charge in [-0.1, -0.05) is 35.5 Å². The van der Waals surface area contributed by atoms with Gasteiger partial charge in [0.25, 0.3) is 0 Å². The molecule has 0 heterocycles. The predicted molar refractivity (Wildman–Crippen MR) is 145 cm³/mol. The van der Waals surface area contributed by atoms with Gasteiger partial charge in [-0.2, -0.15) is 13.2 Å². The molecule has 0 saturated heterocycles. The molecule has 0 aliphatic heterocycles. The lowest BCUT2D eigenvalue weighted by molar-refractivity contribution is -0.137. The highest BCUT2D eigenvalue weighted by atomic mass is 35.5. The molecule has 0 aromatic heterocycles. The number of amides is 1. The van der Waals surface area contributed by atoms with Crippen LogP contribution in [0.4, 0.5) is 18.0 Å². The molecule has 2 aromatic carbocycles. The number of nitrogens with one attached hydrogen (secondary N) is 1. The topological polar surface area (TPSA) is 83.1 Å².